The summed E-state index contributed by atoms with van der Waals surface area (Å²) in [5.41, 5.74) is -0.843. The molecule has 0 aliphatic carbocycles. The standard InChI is InChI=1S/C11H11F4NO4/c1-3-19-10(17)6-4-8(20-11(13,14)15)9(18-2)16-7(6)5-12/h4H,3,5H2,1-2H3. The minimum atomic E-state index is -5.00. The maximum absolute atomic E-state index is 12.8. The molecule has 0 saturated carbocycles. The van der Waals surface area contributed by atoms with Gasteiger partial charge in [-0.1, -0.05) is 0 Å². The Kier molecular flexibility index (Phi) is 5.12. The maximum Gasteiger partial charge on any atom is 0.573 e. The van der Waals surface area contributed by atoms with E-state index in [-0.39, 0.29) is 6.61 Å². The average Bonchev–Trinajstić information content (AvgIpc) is 2.36. The van der Waals surface area contributed by atoms with Gasteiger partial charge in [-0.15, -0.1) is 13.2 Å². The summed E-state index contributed by atoms with van der Waals surface area (Å²) >= 11 is 0. The van der Waals surface area contributed by atoms with Crippen LogP contribution in [0.3, 0.4) is 0 Å². The topological polar surface area (TPSA) is 57.7 Å². The lowest BCUT2D eigenvalue weighted by Crippen LogP contribution is -2.19. The first-order chi connectivity index (χ1) is 9.32. The zero-order valence-corrected chi connectivity index (χ0v) is 10.6. The van der Waals surface area contributed by atoms with Crippen molar-refractivity contribution in [1.29, 1.82) is 0 Å². The van der Waals surface area contributed by atoms with Gasteiger partial charge in [0.2, 0.25) is 0 Å². The summed E-state index contributed by atoms with van der Waals surface area (Å²) in [6, 6.07) is 0.687. The molecule has 0 aliphatic heterocycles. The van der Waals surface area contributed by atoms with Crippen molar-refractivity contribution in [2.24, 2.45) is 0 Å². The number of carbonyl (C=O) groups excluding carboxylic acids is 1. The van der Waals surface area contributed by atoms with E-state index in [2.05, 4.69) is 19.2 Å². The van der Waals surface area contributed by atoms with E-state index in [1.165, 1.54) is 6.92 Å². The number of esters is 1. The molecule has 0 amide bonds. The van der Waals surface area contributed by atoms with Crippen LogP contribution in [-0.2, 0) is 11.4 Å². The fourth-order valence-electron chi connectivity index (χ4n) is 1.35. The monoisotopic (exact) mass is 297 g/mol. The van der Waals surface area contributed by atoms with E-state index in [1.807, 2.05) is 0 Å². The average molecular weight is 297 g/mol. The van der Waals surface area contributed by atoms with Crippen molar-refractivity contribution in [3.8, 4) is 11.6 Å². The molecule has 0 bridgehead atoms. The third-order valence-electron chi connectivity index (χ3n) is 2.07. The van der Waals surface area contributed by atoms with Gasteiger partial charge in [0.25, 0.3) is 5.88 Å². The minimum Gasteiger partial charge on any atom is -0.478 e. The second kappa shape index (κ2) is 6.40. The number of pyridine rings is 1. The van der Waals surface area contributed by atoms with Crippen molar-refractivity contribution in [1.82, 2.24) is 4.98 Å². The smallest absolute Gasteiger partial charge is 0.478 e. The first kappa shape index (κ1) is 16.0. The van der Waals surface area contributed by atoms with E-state index in [0.717, 1.165) is 7.11 Å². The Hall–Kier alpha value is -2.06. The fraction of sp³-hybridized carbons (Fsp3) is 0.455. The molecule has 0 radical (unpaired) electrons. The number of halogens is 4. The first-order valence-electron chi connectivity index (χ1n) is 5.39. The van der Waals surface area contributed by atoms with E-state index >= 15 is 0 Å². The van der Waals surface area contributed by atoms with Crippen molar-refractivity contribution < 1.29 is 36.6 Å². The van der Waals surface area contributed by atoms with Crippen LogP contribution in [0.25, 0.3) is 0 Å². The highest BCUT2D eigenvalue weighted by Crippen LogP contribution is 2.32. The van der Waals surface area contributed by atoms with E-state index in [1.54, 1.807) is 0 Å². The second-order valence-electron chi connectivity index (χ2n) is 3.39. The highest BCUT2D eigenvalue weighted by molar-refractivity contribution is 5.91. The fourth-order valence-corrected chi connectivity index (χ4v) is 1.35. The SMILES string of the molecule is CCOC(=O)c1cc(OC(F)(F)F)c(OC)nc1CF. The number of carbonyl (C=O) groups is 1. The summed E-state index contributed by atoms with van der Waals surface area (Å²) in [4.78, 5) is 15.0. The van der Waals surface area contributed by atoms with Crippen LogP contribution in [0.1, 0.15) is 23.0 Å². The number of nitrogens with zero attached hydrogens (tertiary/aromatic N) is 1. The zero-order chi connectivity index (χ0) is 15.3. The molecule has 0 aromatic carbocycles. The number of hydrogen-bond acceptors (Lipinski definition) is 5. The van der Waals surface area contributed by atoms with Crippen molar-refractivity contribution in [2.45, 2.75) is 20.0 Å². The molecule has 0 atom stereocenters. The van der Waals surface area contributed by atoms with Crippen LogP contribution >= 0.6 is 0 Å². The Morgan fingerprint density at radius 1 is 1.40 bits per heavy atom. The van der Waals surface area contributed by atoms with Crippen molar-refractivity contribution >= 4 is 5.97 Å². The van der Waals surface area contributed by atoms with E-state index in [9.17, 15) is 22.4 Å². The van der Waals surface area contributed by atoms with Crippen molar-refractivity contribution in [2.75, 3.05) is 13.7 Å². The number of ether oxygens (including phenoxy) is 3. The van der Waals surface area contributed by atoms with E-state index < -0.39 is 41.9 Å². The molecule has 20 heavy (non-hydrogen) atoms. The van der Waals surface area contributed by atoms with Gasteiger partial charge in [-0.3, -0.25) is 0 Å². The van der Waals surface area contributed by atoms with E-state index in [0.29, 0.717) is 6.07 Å². The molecule has 0 spiro atoms. The number of rotatable bonds is 5. The highest BCUT2D eigenvalue weighted by atomic mass is 19.4. The molecular formula is C11H11F4NO4. The Labute approximate surface area is 111 Å². The Balaban J connectivity index is 3.29. The second-order valence-corrected chi connectivity index (χ2v) is 3.39. The van der Waals surface area contributed by atoms with Gasteiger partial charge in [-0.25, -0.2) is 14.2 Å². The zero-order valence-electron chi connectivity index (χ0n) is 10.6. The summed E-state index contributed by atoms with van der Waals surface area (Å²) in [6.45, 7) is 0.306. The molecule has 1 heterocycles. The molecule has 0 unspecified atom stereocenters. The van der Waals surface area contributed by atoms with Gasteiger partial charge < -0.3 is 14.2 Å². The lowest BCUT2D eigenvalue weighted by atomic mass is 10.2. The third kappa shape index (κ3) is 3.97. The number of aromatic nitrogens is 1. The van der Waals surface area contributed by atoms with Crippen LogP contribution in [0.15, 0.2) is 6.07 Å². The predicted molar refractivity (Wildman–Crippen MR) is 58.2 cm³/mol. The van der Waals surface area contributed by atoms with E-state index in [4.69, 9.17) is 0 Å². The molecule has 1 aromatic rings. The molecule has 5 nitrogen and oxygen atoms in total. The summed E-state index contributed by atoms with van der Waals surface area (Å²) in [5, 5.41) is 0. The van der Waals surface area contributed by atoms with Gasteiger partial charge in [-0.05, 0) is 6.92 Å². The van der Waals surface area contributed by atoms with Crippen LogP contribution in [0.5, 0.6) is 11.6 Å². The van der Waals surface area contributed by atoms with Crippen LogP contribution in [-0.4, -0.2) is 31.0 Å². The molecule has 112 valence electrons. The Bertz CT molecular complexity index is 490. The van der Waals surface area contributed by atoms with Gasteiger partial charge in [0.1, 0.15) is 6.67 Å². The molecule has 1 rings (SSSR count). The minimum absolute atomic E-state index is 0.0218. The van der Waals surface area contributed by atoms with Gasteiger partial charge in [0.05, 0.1) is 25.0 Å². The highest BCUT2D eigenvalue weighted by Gasteiger charge is 2.34. The van der Waals surface area contributed by atoms with Crippen LogP contribution in [0, 0.1) is 0 Å². The largest absolute Gasteiger partial charge is 0.573 e. The van der Waals surface area contributed by atoms with Crippen molar-refractivity contribution in [3.05, 3.63) is 17.3 Å². The van der Waals surface area contributed by atoms with Crippen LogP contribution in [0.2, 0.25) is 0 Å². The number of methoxy groups -OCH3 is 1. The number of alkyl halides is 4. The third-order valence-corrected chi connectivity index (χ3v) is 2.07. The number of hydrogen-bond donors (Lipinski definition) is 0. The maximum atomic E-state index is 12.8. The first-order valence-corrected chi connectivity index (χ1v) is 5.39. The quantitative estimate of drug-likeness (QED) is 0.617. The van der Waals surface area contributed by atoms with Crippen LogP contribution < -0.4 is 9.47 Å². The normalized spacial score (nSPS) is 11.1. The summed E-state index contributed by atoms with van der Waals surface area (Å²) in [7, 11) is 1.04. The van der Waals surface area contributed by atoms with Gasteiger partial charge >= 0.3 is 12.3 Å². The molecule has 0 N–H and O–H groups in total. The molecule has 0 fully saturated rings. The lowest BCUT2D eigenvalue weighted by Gasteiger charge is -2.14. The predicted octanol–water partition coefficient (Wildman–Crippen LogP) is 2.64. The van der Waals surface area contributed by atoms with Crippen LogP contribution in [0.4, 0.5) is 17.6 Å². The molecular weight excluding hydrogens is 286 g/mol. The van der Waals surface area contributed by atoms with Crippen molar-refractivity contribution in [3.63, 3.8) is 0 Å². The Morgan fingerprint density at radius 2 is 2.05 bits per heavy atom. The molecule has 0 saturated heterocycles. The molecule has 0 aliphatic rings. The molecule has 9 heteroatoms. The Morgan fingerprint density at radius 3 is 2.50 bits per heavy atom. The lowest BCUT2D eigenvalue weighted by molar-refractivity contribution is -0.275. The summed E-state index contributed by atoms with van der Waals surface area (Å²) in [6.07, 6.45) is -5.00. The van der Waals surface area contributed by atoms with Gasteiger partial charge in [-0.2, -0.15) is 0 Å². The molecule has 1 aromatic heterocycles. The summed E-state index contributed by atoms with van der Waals surface area (Å²) in [5.74, 6) is -2.43. The summed E-state index contributed by atoms with van der Waals surface area (Å²) < 4.78 is 62.3. The van der Waals surface area contributed by atoms with Gasteiger partial charge in [0, 0.05) is 6.07 Å². The van der Waals surface area contributed by atoms with Gasteiger partial charge in [0.15, 0.2) is 5.75 Å².